The number of aromatic nitrogens is 3. The molecule has 0 saturated heterocycles. The molecule has 1 heterocycles. The highest BCUT2D eigenvalue weighted by Gasteiger charge is 2.18. The fourth-order valence-corrected chi connectivity index (χ4v) is 2.40. The number of hydrogen-bond donors (Lipinski definition) is 2. The van der Waals surface area contributed by atoms with E-state index < -0.39 is 0 Å². The van der Waals surface area contributed by atoms with Gasteiger partial charge in [0.25, 0.3) is 0 Å². The summed E-state index contributed by atoms with van der Waals surface area (Å²) in [6, 6.07) is 7.33. The van der Waals surface area contributed by atoms with Gasteiger partial charge in [-0.25, -0.2) is 4.98 Å². The van der Waals surface area contributed by atoms with Crippen LogP contribution in [0.2, 0.25) is 5.02 Å². The molecule has 0 bridgehead atoms. The number of benzene rings is 1. The highest BCUT2D eigenvalue weighted by atomic mass is 35.5. The number of nitrogens with zero attached hydrogens (tertiary/aromatic N) is 2. The summed E-state index contributed by atoms with van der Waals surface area (Å²) in [5, 5.41) is 11.2. The van der Waals surface area contributed by atoms with Gasteiger partial charge in [0.05, 0.1) is 5.75 Å². The molecular weight excluding hydrogens is 320 g/mol. The van der Waals surface area contributed by atoms with E-state index in [1.807, 2.05) is 32.9 Å². The van der Waals surface area contributed by atoms with Gasteiger partial charge in [0, 0.05) is 16.1 Å². The van der Waals surface area contributed by atoms with Crippen molar-refractivity contribution < 1.29 is 4.79 Å². The second-order valence-electron chi connectivity index (χ2n) is 5.55. The summed E-state index contributed by atoms with van der Waals surface area (Å²) < 4.78 is 0. The van der Waals surface area contributed by atoms with Crippen molar-refractivity contribution in [3.8, 4) is 11.4 Å². The third-order valence-corrected chi connectivity index (χ3v) is 4.38. The molecule has 1 aromatic carbocycles. The summed E-state index contributed by atoms with van der Waals surface area (Å²) >= 11 is 7.17. The Balaban J connectivity index is 1.92. The zero-order valence-electron chi connectivity index (χ0n) is 12.8. The fraction of sp³-hybridized carbons (Fsp3) is 0.400. The Kier molecular flexibility index (Phi) is 5.47. The standard InChI is InChI=1S/C15H19ClN4OS/c1-4-15(2,3)18-12(21)9-22-14-17-13(19-20-14)10-5-7-11(16)8-6-10/h5-8H,4,9H2,1-3H3,(H,18,21)(H,17,19,20). The van der Waals surface area contributed by atoms with Gasteiger partial charge in [0.2, 0.25) is 11.1 Å². The lowest BCUT2D eigenvalue weighted by Crippen LogP contribution is -2.43. The number of carbonyl (C=O) groups excluding carboxylic acids is 1. The number of amides is 1. The summed E-state index contributed by atoms with van der Waals surface area (Å²) in [4.78, 5) is 16.3. The monoisotopic (exact) mass is 338 g/mol. The van der Waals surface area contributed by atoms with Gasteiger partial charge in [-0.15, -0.1) is 5.10 Å². The number of thioether (sulfide) groups is 1. The quantitative estimate of drug-likeness (QED) is 0.790. The summed E-state index contributed by atoms with van der Waals surface area (Å²) in [6.07, 6.45) is 0.880. The lowest BCUT2D eigenvalue weighted by Gasteiger charge is -2.24. The second kappa shape index (κ2) is 7.15. The van der Waals surface area contributed by atoms with E-state index >= 15 is 0 Å². The van der Waals surface area contributed by atoms with Crippen LogP contribution in [0, 0.1) is 0 Å². The molecule has 2 N–H and O–H groups in total. The minimum absolute atomic E-state index is 0.0188. The van der Waals surface area contributed by atoms with Crippen LogP contribution in [0.4, 0.5) is 0 Å². The molecule has 7 heteroatoms. The first kappa shape index (κ1) is 16.8. The molecule has 0 aliphatic rings. The number of aromatic amines is 1. The third kappa shape index (κ3) is 4.74. The van der Waals surface area contributed by atoms with Crippen LogP contribution in [0.3, 0.4) is 0 Å². The Morgan fingerprint density at radius 2 is 2.05 bits per heavy atom. The second-order valence-corrected chi connectivity index (χ2v) is 6.93. The molecule has 2 aromatic rings. The maximum Gasteiger partial charge on any atom is 0.230 e. The molecule has 0 aliphatic carbocycles. The predicted octanol–water partition coefficient (Wildman–Crippen LogP) is 3.52. The molecule has 0 atom stereocenters. The van der Waals surface area contributed by atoms with Crippen LogP contribution >= 0.6 is 23.4 Å². The van der Waals surface area contributed by atoms with Gasteiger partial charge < -0.3 is 5.32 Å². The van der Waals surface area contributed by atoms with Gasteiger partial charge in [0.15, 0.2) is 5.82 Å². The van der Waals surface area contributed by atoms with E-state index in [4.69, 9.17) is 11.6 Å². The zero-order valence-corrected chi connectivity index (χ0v) is 14.4. The van der Waals surface area contributed by atoms with Crippen LogP contribution in [-0.4, -0.2) is 32.4 Å². The van der Waals surface area contributed by atoms with Gasteiger partial charge in [-0.1, -0.05) is 30.3 Å². The average Bonchev–Trinajstić information content (AvgIpc) is 2.94. The smallest absolute Gasteiger partial charge is 0.230 e. The van der Waals surface area contributed by atoms with Crippen LogP contribution in [-0.2, 0) is 4.79 Å². The van der Waals surface area contributed by atoms with Crippen molar-refractivity contribution in [2.75, 3.05) is 5.75 Å². The largest absolute Gasteiger partial charge is 0.351 e. The lowest BCUT2D eigenvalue weighted by molar-refractivity contribution is -0.120. The zero-order chi connectivity index (χ0) is 16.2. The van der Waals surface area contributed by atoms with Gasteiger partial charge in [-0.2, -0.15) is 0 Å². The number of H-pyrrole nitrogens is 1. The van der Waals surface area contributed by atoms with Crippen LogP contribution < -0.4 is 5.32 Å². The van der Waals surface area contributed by atoms with Crippen LogP contribution in [0.1, 0.15) is 27.2 Å². The molecule has 0 aliphatic heterocycles. The summed E-state index contributed by atoms with van der Waals surface area (Å²) in [5.74, 6) is 0.935. The topological polar surface area (TPSA) is 70.7 Å². The van der Waals surface area contributed by atoms with Gasteiger partial charge >= 0.3 is 0 Å². The Labute approximate surface area is 139 Å². The Morgan fingerprint density at radius 3 is 2.68 bits per heavy atom. The average molecular weight is 339 g/mol. The van der Waals surface area contributed by atoms with Crippen molar-refractivity contribution in [2.24, 2.45) is 0 Å². The van der Waals surface area contributed by atoms with Crippen molar-refractivity contribution >= 4 is 29.3 Å². The molecule has 0 fully saturated rings. The number of rotatable bonds is 6. The molecule has 0 saturated carbocycles. The van der Waals surface area contributed by atoms with E-state index in [1.54, 1.807) is 12.1 Å². The molecular formula is C15H19ClN4OS. The molecule has 22 heavy (non-hydrogen) atoms. The Hall–Kier alpha value is -1.53. The SMILES string of the molecule is CCC(C)(C)NC(=O)CSc1n[nH]c(-c2ccc(Cl)cc2)n1. The first-order valence-corrected chi connectivity index (χ1v) is 8.38. The first-order chi connectivity index (χ1) is 10.4. The lowest BCUT2D eigenvalue weighted by atomic mass is 10.0. The molecule has 1 amide bonds. The highest BCUT2D eigenvalue weighted by Crippen LogP contribution is 2.21. The Morgan fingerprint density at radius 1 is 1.36 bits per heavy atom. The minimum atomic E-state index is -0.189. The van der Waals surface area contributed by atoms with Crippen molar-refractivity contribution in [2.45, 2.75) is 37.9 Å². The van der Waals surface area contributed by atoms with Crippen molar-refractivity contribution in [1.82, 2.24) is 20.5 Å². The first-order valence-electron chi connectivity index (χ1n) is 7.02. The van der Waals surface area contributed by atoms with Crippen molar-refractivity contribution in [3.63, 3.8) is 0 Å². The molecule has 1 aromatic heterocycles. The highest BCUT2D eigenvalue weighted by molar-refractivity contribution is 7.99. The molecule has 0 radical (unpaired) electrons. The van der Waals surface area contributed by atoms with E-state index in [2.05, 4.69) is 20.5 Å². The number of carbonyl (C=O) groups is 1. The van der Waals surface area contributed by atoms with Crippen molar-refractivity contribution in [3.05, 3.63) is 29.3 Å². The van der Waals surface area contributed by atoms with Gasteiger partial charge in [-0.05, 0) is 44.5 Å². The van der Waals surface area contributed by atoms with Gasteiger partial charge in [0.1, 0.15) is 0 Å². The third-order valence-electron chi connectivity index (χ3n) is 3.28. The van der Waals surface area contributed by atoms with Crippen LogP contribution in [0.5, 0.6) is 0 Å². The number of hydrogen-bond acceptors (Lipinski definition) is 4. The number of nitrogens with one attached hydrogen (secondary N) is 2. The molecule has 0 unspecified atom stereocenters. The van der Waals surface area contributed by atoms with Crippen molar-refractivity contribution in [1.29, 1.82) is 0 Å². The minimum Gasteiger partial charge on any atom is -0.351 e. The molecule has 2 rings (SSSR count). The molecule has 5 nitrogen and oxygen atoms in total. The van der Waals surface area contributed by atoms with Crippen LogP contribution in [0.15, 0.2) is 29.4 Å². The van der Waals surface area contributed by atoms with Crippen LogP contribution in [0.25, 0.3) is 11.4 Å². The van der Waals surface area contributed by atoms with E-state index in [1.165, 1.54) is 11.8 Å². The van der Waals surface area contributed by atoms with E-state index in [0.717, 1.165) is 12.0 Å². The van der Waals surface area contributed by atoms with E-state index in [0.29, 0.717) is 21.8 Å². The number of halogens is 1. The maximum absolute atomic E-state index is 11.9. The van der Waals surface area contributed by atoms with E-state index in [9.17, 15) is 4.79 Å². The predicted molar refractivity (Wildman–Crippen MR) is 90.1 cm³/mol. The summed E-state index contributed by atoms with van der Waals surface area (Å²) in [6.45, 7) is 6.04. The summed E-state index contributed by atoms with van der Waals surface area (Å²) in [5.41, 5.74) is 0.714. The Bertz CT molecular complexity index is 639. The van der Waals surface area contributed by atoms with Gasteiger partial charge in [-0.3, -0.25) is 9.89 Å². The molecule has 118 valence electrons. The van der Waals surface area contributed by atoms with E-state index in [-0.39, 0.29) is 11.4 Å². The summed E-state index contributed by atoms with van der Waals surface area (Å²) in [7, 11) is 0. The maximum atomic E-state index is 11.9. The normalized spacial score (nSPS) is 11.5. The fourth-order valence-electron chi connectivity index (χ4n) is 1.68. The molecule has 0 spiro atoms.